The Kier molecular flexibility index (Phi) is 5.87. The molecule has 6 nitrogen and oxygen atoms in total. The number of hydrogen-bond acceptors (Lipinski definition) is 5. The van der Waals surface area contributed by atoms with Gasteiger partial charge in [-0.15, -0.1) is 0 Å². The fourth-order valence-corrected chi connectivity index (χ4v) is 2.59. The number of carbonyl (C=O) groups excluding carboxylic acids is 1. The van der Waals surface area contributed by atoms with E-state index in [2.05, 4.69) is 15.5 Å². The summed E-state index contributed by atoms with van der Waals surface area (Å²) < 4.78 is 5.19. The Balaban J connectivity index is 2.00. The van der Waals surface area contributed by atoms with Crippen LogP contribution in [0.4, 0.5) is 0 Å². The van der Waals surface area contributed by atoms with Crippen LogP contribution in [0, 0.1) is 0 Å². The zero-order valence-electron chi connectivity index (χ0n) is 13.6. The first-order chi connectivity index (χ1) is 11.1. The van der Waals surface area contributed by atoms with E-state index in [9.17, 15) is 9.90 Å². The van der Waals surface area contributed by atoms with Crippen molar-refractivity contribution >= 4 is 5.91 Å². The molecule has 0 fully saturated rings. The van der Waals surface area contributed by atoms with Crippen molar-refractivity contribution < 1.29 is 14.4 Å². The number of aromatic nitrogens is 2. The minimum Gasteiger partial charge on any atom is -0.388 e. The lowest BCUT2D eigenvalue weighted by Crippen LogP contribution is -2.42. The molecule has 0 unspecified atom stereocenters. The molecule has 0 aliphatic heterocycles. The van der Waals surface area contributed by atoms with Gasteiger partial charge in [0.05, 0.1) is 5.60 Å². The lowest BCUT2D eigenvalue weighted by Gasteiger charge is -2.27. The molecule has 2 aromatic rings. The number of nitrogens with one attached hydrogen (secondary N) is 1. The second kappa shape index (κ2) is 7.87. The van der Waals surface area contributed by atoms with E-state index in [4.69, 9.17) is 4.52 Å². The van der Waals surface area contributed by atoms with Crippen LogP contribution in [0.15, 0.2) is 35.1 Å². The Morgan fingerprint density at radius 1 is 1.35 bits per heavy atom. The summed E-state index contributed by atoms with van der Waals surface area (Å²) >= 11 is 0. The predicted molar refractivity (Wildman–Crippen MR) is 86.8 cm³/mol. The molecule has 0 saturated heterocycles. The quantitative estimate of drug-likeness (QED) is 0.781. The second-order valence-corrected chi connectivity index (χ2v) is 5.73. The van der Waals surface area contributed by atoms with Gasteiger partial charge in [0, 0.05) is 30.6 Å². The van der Waals surface area contributed by atoms with Crippen LogP contribution >= 0.6 is 0 Å². The lowest BCUT2D eigenvalue weighted by atomic mass is 9.92. The molecule has 0 aromatic carbocycles. The van der Waals surface area contributed by atoms with Gasteiger partial charge in [-0.1, -0.05) is 31.8 Å². The first kappa shape index (κ1) is 17.1. The van der Waals surface area contributed by atoms with E-state index in [1.807, 2.05) is 19.9 Å². The maximum atomic E-state index is 12.2. The van der Waals surface area contributed by atoms with E-state index in [0.29, 0.717) is 18.6 Å². The van der Waals surface area contributed by atoms with Crippen LogP contribution in [0.1, 0.15) is 50.0 Å². The zero-order valence-corrected chi connectivity index (χ0v) is 13.6. The van der Waals surface area contributed by atoms with Crippen molar-refractivity contribution in [1.82, 2.24) is 15.5 Å². The summed E-state index contributed by atoms with van der Waals surface area (Å²) in [6.07, 6.45) is 6.34. The van der Waals surface area contributed by atoms with E-state index in [-0.39, 0.29) is 18.1 Å². The minimum absolute atomic E-state index is 0.194. The third-order valence-electron chi connectivity index (χ3n) is 3.70. The molecular formula is C17H23N3O3. The molecule has 124 valence electrons. The summed E-state index contributed by atoms with van der Waals surface area (Å²) in [5, 5.41) is 17.1. The van der Waals surface area contributed by atoms with Gasteiger partial charge in [0.15, 0.2) is 11.5 Å². The minimum atomic E-state index is -0.866. The fourth-order valence-electron chi connectivity index (χ4n) is 2.59. The van der Waals surface area contributed by atoms with Crippen LogP contribution < -0.4 is 5.32 Å². The molecule has 2 rings (SSSR count). The SMILES string of the molecule is CCCC(O)(CCC)CNC(=O)c1cc(-c2cccnc2)on1. The molecule has 0 aliphatic carbocycles. The summed E-state index contributed by atoms with van der Waals surface area (Å²) in [5.41, 5.74) is 0.0847. The van der Waals surface area contributed by atoms with Crippen molar-refractivity contribution in [3.05, 3.63) is 36.3 Å². The van der Waals surface area contributed by atoms with Gasteiger partial charge in [0.25, 0.3) is 5.91 Å². The average Bonchev–Trinajstić information content (AvgIpc) is 3.04. The summed E-state index contributed by atoms with van der Waals surface area (Å²) in [4.78, 5) is 16.2. The normalized spacial score (nSPS) is 11.4. The maximum Gasteiger partial charge on any atom is 0.273 e. The Morgan fingerprint density at radius 3 is 2.70 bits per heavy atom. The van der Waals surface area contributed by atoms with Crippen LogP contribution in [0.5, 0.6) is 0 Å². The van der Waals surface area contributed by atoms with Crippen molar-refractivity contribution in [1.29, 1.82) is 0 Å². The Labute approximate surface area is 135 Å². The van der Waals surface area contributed by atoms with Gasteiger partial charge in [-0.25, -0.2) is 0 Å². The molecule has 0 saturated carbocycles. The third kappa shape index (κ3) is 4.63. The number of amides is 1. The molecule has 0 bridgehead atoms. The smallest absolute Gasteiger partial charge is 0.273 e. The highest BCUT2D eigenvalue weighted by Gasteiger charge is 2.26. The predicted octanol–water partition coefficient (Wildman–Crippen LogP) is 2.80. The van der Waals surface area contributed by atoms with Gasteiger partial charge >= 0.3 is 0 Å². The highest BCUT2D eigenvalue weighted by molar-refractivity contribution is 5.93. The number of aliphatic hydroxyl groups is 1. The molecule has 0 radical (unpaired) electrons. The molecule has 6 heteroatoms. The standard InChI is InChI=1S/C17H23N3O3/c1-3-7-17(22,8-4-2)12-19-16(21)14-10-15(23-20-14)13-6-5-9-18-11-13/h5-6,9-11,22H,3-4,7-8,12H2,1-2H3,(H,19,21). The zero-order chi connectivity index (χ0) is 16.7. The topological polar surface area (TPSA) is 88.2 Å². The molecule has 1 amide bonds. The van der Waals surface area contributed by atoms with Gasteiger partial charge in [0.2, 0.25) is 0 Å². The third-order valence-corrected chi connectivity index (χ3v) is 3.70. The van der Waals surface area contributed by atoms with Gasteiger partial charge in [-0.2, -0.15) is 0 Å². The summed E-state index contributed by atoms with van der Waals surface area (Å²) in [6, 6.07) is 5.19. The molecule has 2 heterocycles. The first-order valence-corrected chi connectivity index (χ1v) is 7.95. The van der Waals surface area contributed by atoms with Crippen LogP contribution in [-0.2, 0) is 0 Å². The highest BCUT2D eigenvalue weighted by Crippen LogP contribution is 2.20. The molecule has 2 N–H and O–H groups in total. The number of hydrogen-bond donors (Lipinski definition) is 2. The van der Waals surface area contributed by atoms with Gasteiger partial charge < -0.3 is 14.9 Å². The molecule has 2 aromatic heterocycles. The lowest BCUT2D eigenvalue weighted by molar-refractivity contribution is 0.0212. The van der Waals surface area contributed by atoms with Crippen LogP contribution in [0.2, 0.25) is 0 Å². The maximum absolute atomic E-state index is 12.2. The van der Waals surface area contributed by atoms with Crippen molar-refractivity contribution in [3.63, 3.8) is 0 Å². The molecule has 23 heavy (non-hydrogen) atoms. The monoisotopic (exact) mass is 317 g/mol. The van der Waals surface area contributed by atoms with Crippen LogP contribution in [-0.4, -0.2) is 33.3 Å². The molecule has 0 aliphatic rings. The Morgan fingerprint density at radius 2 is 2.09 bits per heavy atom. The highest BCUT2D eigenvalue weighted by atomic mass is 16.5. The number of nitrogens with zero attached hydrogens (tertiary/aromatic N) is 2. The van der Waals surface area contributed by atoms with Crippen LogP contribution in [0.3, 0.4) is 0 Å². The summed E-state index contributed by atoms with van der Waals surface area (Å²) in [7, 11) is 0. The first-order valence-electron chi connectivity index (χ1n) is 7.95. The van der Waals surface area contributed by atoms with Gasteiger partial charge in [0.1, 0.15) is 0 Å². The number of carbonyl (C=O) groups is 1. The largest absolute Gasteiger partial charge is 0.388 e. The second-order valence-electron chi connectivity index (χ2n) is 5.73. The Hall–Kier alpha value is -2.21. The van der Waals surface area contributed by atoms with E-state index in [1.54, 1.807) is 24.5 Å². The Bertz CT molecular complexity index is 619. The number of pyridine rings is 1. The van der Waals surface area contributed by atoms with Crippen molar-refractivity contribution in [2.24, 2.45) is 0 Å². The number of rotatable bonds is 8. The summed E-state index contributed by atoms with van der Waals surface area (Å²) in [6.45, 7) is 4.24. The summed E-state index contributed by atoms with van der Waals surface area (Å²) in [5.74, 6) is 0.134. The van der Waals surface area contributed by atoms with Crippen LogP contribution in [0.25, 0.3) is 11.3 Å². The van der Waals surface area contributed by atoms with Crippen molar-refractivity contribution in [2.45, 2.75) is 45.1 Å². The van der Waals surface area contributed by atoms with E-state index in [1.165, 1.54) is 0 Å². The van der Waals surface area contributed by atoms with E-state index in [0.717, 1.165) is 18.4 Å². The fraction of sp³-hybridized carbons (Fsp3) is 0.471. The van der Waals surface area contributed by atoms with Crippen molar-refractivity contribution in [2.75, 3.05) is 6.54 Å². The van der Waals surface area contributed by atoms with Gasteiger partial charge in [-0.05, 0) is 25.0 Å². The molecular weight excluding hydrogens is 294 g/mol. The van der Waals surface area contributed by atoms with E-state index >= 15 is 0 Å². The van der Waals surface area contributed by atoms with Crippen molar-refractivity contribution in [3.8, 4) is 11.3 Å². The van der Waals surface area contributed by atoms with E-state index < -0.39 is 5.60 Å². The molecule has 0 atom stereocenters. The van der Waals surface area contributed by atoms with Gasteiger partial charge in [-0.3, -0.25) is 9.78 Å². The molecule has 0 spiro atoms. The average molecular weight is 317 g/mol.